The summed E-state index contributed by atoms with van der Waals surface area (Å²) in [5.41, 5.74) is 2.39. The highest BCUT2D eigenvalue weighted by atomic mass is 35.5. The maximum atomic E-state index is 13.2. The number of aromatic nitrogens is 3. The van der Waals surface area contributed by atoms with Gasteiger partial charge in [-0.2, -0.15) is 18.3 Å². The Morgan fingerprint density at radius 2 is 1.75 bits per heavy atom. The molecule has 2 aromatic heterocycles. The van der Waals surface area contributed by atoms with Gasteiger partial charge in [-0.25, -0.2) is 4.68 Å². The summed E-state index contributed by atoms with van der Waals surface area (Å²) < 4.78 is 39.7. The molecule has 3 aromatic carbocycles. The number of carbonyl (C=O) groups excluding carboxylic acids is 3. The molecule has 44 heavy (non-hydrogen) atoms. The number of H-pyrrole nitrogens is 1. The third-order valence-corrected chi connectivity index (χ3v) is 7.15. The lowest BCUT2D eigenvalue weighted by atomic mass is 10.0. The average Bonchev–Trinajstić information content (AvgIpc) is 3.65. The van der Waals surface area contributed by atoms with Crippen molar-refractivity contribution in [1.29, 1.82) is 0 Å². The lowest BCUT2D eigenvalue weighted by molar-refractivity contribution is -0.141. The molecule has 0 aliphatic heterocycles. The highest BCUT2D eigenvalue weighted by Crippen LogP contribution is 2.28. The number of hydrogen-bond acceptors (Lipinski definition) is 4. The van der Waals surface area contributed by atoms with Crippen molar-refractivity contribution in [2.45, 2.75) is 25.6 Å². The number of amides is 3. The SMILES string of the molecule is CNC(=O)[C@@H](Cc1cccc(Cl)c1)NC(=O)c1cc2c(C)cc(C(=O)Nc3ccc(-n4ccc(C(F)(F)F)n4)cc3)cc2[nH]1. The van der Waals surface area contributed by atoms with Crippen LogP contribution in [0.1, 0.15) is 37.7 Å². The van der Waals surface area contributed by atoms with E-state index < -0.39 is 29.7 Å². The number of anilines is 1. The number of likely N-dealkylation sites (N-methyl/N-ethyl adjacent to an activating group) is 1. The molecule has 0 spiro atoms. The van der Waals surface area contributed by atoms with Gasteiger partial charge in [0.2, 0.25) is 5.91 Å². The Kier molecular flexibility index (Phi) is 8.45. The highest BCUT2D eigenvalue weighted by Gasteiger charge is 2.33. The van der Waals surface area contributed by atoms with E-state index in [2.05, 4.69) is 26.0 Å². The fourth-order valence-electron chi connectivity index (χ4n) is 4.71. The zero-order chi connectivity index (χ0) is 31.6. The van der Waals surface area contributed by atoms with Gasteiger partial charge in [-0.3, -0.25) is 14.4 Å². The molecule has 226 valence electrons. The van der Waals surface area contributed by atoms with E-state index in [1.54, 1.807) is 55.5 Å². The Hall–Kier alpha value is -5.10. The molecule has 2 heterocycles. The van der Waals surface area contributed by atoms with Crippen LogP contribution in [0.3, 0.4) is 0 Å². The number of nitrogens with one attached hydrogen (secondary N) is 4. The van der Waals surface area contributed by atoms with E-state index in [-0.39, 0.29) is 18.0 Å². The lowest BCUT2D eigenvalue weighted by Crippen LogP contribution is -2.47. The van der Waals surface area contributed by atoms with Crippen LogP contribution in [0.4, 0.5) is 18.9 Å². The van der Waals surface area contributed by atoms with Crippen LogP contribution in [0.5, 0.6) is 0 Å². The molecule has 0 saturated heterocycles. The Morgan fingerprint density at radius 3 is 2.41 bits per heavy atom. The molecule has 4 N–H and O–H groups in total. The Morgan fingerprint density at radius 1 is 1.00 bits per heavy atom. The Balaban J connectivity index is 1.30. The van der Waals surface area contributed by atoms with Crippen LogP contribution < -0.4 is 16.0 Å². The van der Waals surface area contributed by atoms with Crippen LogP contribution in [0.15, 0.2) is 79.0 Å². The largest absolute Gasteiger partial charge is 0.435 e. The molecule has 0 bridgehead atoms. The van der Waals surface area contributed by atoms with E-state index in [1.165, 1.54) is 25.4 Å². The third kappa shape index (κ3) is 6.76. The maximum Gasteiger partial charge on any atom is 0.435 e. The smallest absolute Gasteiger partial charge is 0.357 e. The zero-order valence-electron chi connectivity index (χ0n) is 23.4. The average molecular weight is 623 g/mol. The standard InChI is InChI=1S/C31H26ClF3N6O3/c1-17-12-19(28(42)37-21-6-8-22(9-7-21)41-11-10-27(40-41)31(33,34)35)15-24-23(17)16-26(38-24)30(44)39-25(29(43)36-2)14-18-4-3-5-20(32)13-18/h3-13,15-16,25,38H,14H2,1-2H3,(H,36,43)(H,37,42)(H,39,44)/t25-/m1/s1. The van der Waals surface area contributed by atoms with E-state index in [0.717, 1.165) is 27.3 Å². The van der Waals surface area contributed by atoms with Crippen molar-refractivity contribution in [2.24, 2.45) is 0 Å². The fraction of sp³-hybridized carbons (Fsp3) is 0.161. The normalized spacial score (nSPS) is 12.1. The van der Waals surface area contributed by atoms with Crippen molar-refractivity contribution >= 4 is 45.9 Å². The first kappa shape index (κ1) is 30.4. The first-order valence-corrected chi connectivity index (χ1v) is 13.7. The van der Waals surface area contributed by atoms with Gasteiger partial charge in [-0.1, -0.05) is 23.7 Å². The van der Waals surface area contributed by atoms with Crippen LogP contribution in [0.25, 0.3) is 16.6 Å². The molecule has 0 saturated carbocycles. The summed E-state index contributed by atoms with van der Waals surface area (Å²) in [6.45, 7) is 1.80. The first-order valence-electron chi connectivity index (χ1n) is 13.4. The molecule has 9 nitrogen and oxygen atoms in total. The van der Waals surface area contributed by atoms with Crippen molar-refractivity contribution in [1.82, 2.24) is 25.4 Å². The minimum Gasteiger partial charge on any atom is -0.357 e. The molecular weight excluding hydrogens is 597 g/mol. The van der Waals surface area contributed by atoms with E-state index in [1.807, 2.05) is 6.07 Å². The molecule has 3 amide bonds. The van der Waals surface area contributed by atoms with Crippen molar-refractivity contribution in [2.75, 3.05) is 12.4 Å². The number of fused-ring (bicyclic) bond motifs is 1. The summed E-state index contributed by atoms with van der Waals surface area (Å²) >= 11 is 6.07. The molecule has 0 aliphatic carbocycles. The number of alkyl halides is 3. The number of hydrogen-bond donors (Lipinski definition) is 4. The molecule has 0 unspecified atom stereocenters. The third-order valence-electron chi connectivity index (χ3n) is 6.92. The van der Waals surface area contributed by atoms with Gasteiger partial charge in [0.05, 0.1) is 5.69 Å². The second-order valence-electron chi connectivity index (χ2n) is 10.1. The molecule has 0 fully saturated rings. The monoisotopic (exact) mass is 622 g/mol. The molecule has 0 radical (unpaired) electrons. The van der Waals surface area contributed by atoms with Gasteiger partial charge in [0.25, 0.3) is 11.8 Å². The quantitative estimate of drug-likeness (QED) is 0.178. The van der Waals surface area contributed by atoms with Crippen molar-refractivity contribution in [3.05, 3.63) is 112 Å². The van der Waals surface area contributed by atoms with Gasteiger partial charge in [0.15, 0.2) is 5.69 Å². The van der Waals surface area contributed by atoms with Gasteiger partial charge in [-0.15, -0.1) is 0 Å². The molecule has 13 heteroatoms. The van der Waals surface area contributed by atoms with Crippen LogP contribution in [0.2, 0.25) is 5.02 Å². The van der Waals surface area contributed by atoms with Gasteiger partial charge >= 0.3 is 6.18 Å². The molecule has 5 aromatic rings. The van der Waals surface area contributed by atoms with Crippen molar-refractivity contribution in [3.8, 4) is 5.69 Å². The minimum absolute atomic E-state index is 0.212. The summed E-state index contributed by atoms with van der Waals surface area (Å²) in [6, 6.07) is 18.2. The van der Waals surface area contributed by atoms with Gasteiger partial charge in [0, 0.05) is 46.8 Å². The maximum absolute atomic E-state index is 13.2. The molecule has 5 rings (SSSR count). The van der Waals surface area contributed by atoms with Crippen molar-refractivity contribution < 1.29 is 27.6 Å². The summed E-state index contributed by atoms with van der Waals surface area (Å²) in [5.74, 6) is -1.29. The van der Waals surface area contributed by atoms with E-state index in [9.17, 15) is 27.6 Å². The van der Waals surface area contributed by atoms with E-state index >= 15 is 0 Å². The van der Waals surface area contributed by atoms with Gasteiger partial charge in [0.1, 0.15) is 11.7 Å². The van der Waals surface area contributed by atoms with Crippen molar-refractivity contribution in [3.63, 3.8) is 0 Å². The number of nitrogens with zero attached hydrogens (tertiary/aromatic N) is 2. The van der Waals surface area contributed by atoms with Crippen LogP contribution >= 0.6 is 11.6 Å². The summed E-state index contributed by atoms with van der Waals surface area (Å²) in [5, 5.41) is 12.9. The lowest BCUT2D eigenvalue weighted by Gasteiger charge is -2.17. The second kappa shape index (κ2) is 12.3. The van der Waals surface area contributed by atoms with Gasteiger partial charge in [-0.05, 0) is 78.7 Å². The van der Waals surface area contributed by atoms with Crippen LogP contribution in [-0.4, -0.2) is 45.6 Å². The number of halogens is 4. The highest BCUT2D eigenvalue weighted by molar-refractivity contribution is 6.30. The number of benzene rings is 3. The van der Waals surface area contributed by atoms with Gasteiger partial charge < -0.3 is 20.9 Å². The summed E-state index contributed by atoms with van der Waals surface area (Å²) in [7, 11) is 1.49. The molecule has 1 atom stereocenters. The number of aryl methyl sites for hydroxylation is 1. The topological polar surface area (TPSA) is 121 Å². The Bertz CT molecular complexity index is 1860. The zero-order valence-corrected chi connectivity index (χ0v) is 24.2. The molecular formula is C31H26ClF3N6O3. The fourth-order valence-corrected chi connectivity index (χ4v) is 4.92. The summed E-state index contributed by atoms with van der Waals surface area (Å²) in [4.78, 5) is 41.8. The van der Waals surface area contributed by atoms with E-state index in [4.69, 9.17) is 11.6 Å². The van der Waals surface area contributed by atoms with E-state index in [0.29, 0.717) is 27.5 Å². The summed E-state index contributed by atoms with van der Waals surface area (Å²) in [6.07, 6.45) is -3.11. The number of aromatic amines is 1. The predicted octanol–water partition coefficient (Wildman–Crippen LogP) is 5.67. The predicted molar refractivity (Wildman–Crippen MR) is 160 cm³/mol. The number of carbonyl (C=O) groups is 3. The van der Waals surface area contributed by atoms with Crippen LogP contribution in [-0.2, 0) is 17.4 Å². The Labute approximate surface area is 254 Å². The minimum atomic E-state index is -4.55. The second-order valence-corrected chi connectivity index (χ2v) is 10.5. The van der Waals surface area contributed by atoms with Crippen LogP contribution in [0, 0.1) is 6.92 Å². The first-order chi connectivity index (χ1) is 20.9. The number of rotatable bonds is 8. The molecule has 0 aliphatic rings.